The Balaban J connectivity index is 1.51. The number of hydrogen-bond donors (Lipinski definition) is 0. The normalized spacial score (nSPS) is 15.9. The Bertz CT molecular complexity index is 876. The molecule has 0 unspecified atom stereocenters. The fourth-order valence-corrected chi connectivity index (χ4v) is 2.87. The van der Waals surface area contributed by atoms with E-state index in [0.29, 0.717) is 11.7 Å². The molecule has 1 fully saturated rings. The molecule has 1 aliphatic heterocycles. The summed E-state index contributed by atoms with van der Waals surface area (Å²) in [5.41, 5.74) is 0.0807. The second-order valence-electron chi connectivity index (χ2n) is 5.88. The molecule has 7 nitrogen and oxygen atoms in total. The molecular formula is C14H14F3N7. The molecule has 0 amide bonds. The lowest BCUT2D eigenvalue weighted by Crippen LogP contribution is -2.49. The van der Waals surface area contributed by atoms with Gasteiger partial charge in [0.25, 0.3) is 5.82 Å². The van der Waals surface area contributed by atoms with Crippen molar-refractivity contribution in [1.82, 2.24) is 29.4 Å². The van der Waals surface area contributed by atoms with E-state index in [1.807, 2.05) is 18.0 Å². The van der Waals surface area contributed by atoms with Crippen molar-refractivity contribution in [3.8, 4) is 0 Å². The standard InChI is InChI=1S/C14H14F3N7/c1-9-18-4-5-22(9)6-10-7-23(8-10)12-3-2-11-19-20-13(14(15,16)17)24(11)21-12/h2-5,10H,6-8H2,1H3. The number of hydrogen-bond acceptors (Lipinski definition) is 5. The van der Waals surface area contributed by atoms with Crippen molar-refractivity contribution >= 4 is 11.5 Å². The Morgan fingerprint density at radius 3 is 2.67 bits per heavy atom. The van der Waals surface area contributed by atoms with Crippen LogP contribution in [-0.4, -0.2) is 42.5 Å². The largest absolute Gasteiger partial charge is 0.453 e. The van der Waals surface area contributed by atoms with Crippen LogP contribution in [-0.2, 0) is 12.7 Å². The fraction of sp³-hybridized carbons (Fsp3) is 0.429. The van der Waals surface area contributed by atoms with E-state index in [2.05, 4.69) is 24.8 Å². The van der Waals surface area contributed by atoms with Crippen molar-refractivity contribution < 1.29 is 13.2 Å². The molecule has 24 heavy (non-hydrogen) atoms. The highest BCUT2D eigenvalue weighted by Crippen LogP contribution is 2.29. The molecule has 10 heteroatoms. The van der Waals surface area contributed by atoms with Gasteiger partial charge in [-0.3, -0.25) is 0 Å². The quantitative estimate of drug-likeness (QED) is 0.729. The van der Waals surface area contributed by atoms with Crippen molar-refractivity contribution in [3.05, 3.63) is 36.2 Å². The van der Waals surface area contributed by atoms with Crippen LogP contribution >= 0.6 is 0 Å². The van der Waals surface area contributed by atoms with Gasteiger partial charge >= 0.3 is 6.18 Å². The number of anilines is 1. The molecule has 3 aromatic rings. The van der Waals surface area contributed by atoms with Gasteiger partial charge in [-0.25, -0.2) is 4.98 Å². The van der Waals surface area contributed by atoms with Crippen molar-refractivity contribution in [2.75, 3.05) is 18.0 Å². The van der Waals surface area contributed by atoms with Crippen molar-refractivity contribution in [1.29, 1.82) is 0 Å². The van der Waals surface area contributed by atoms with Crippen LogP contribution in [0.2, 0.25) is 0 Å². The summed E-state index contributed by atoms with van der Waals surface area (Å²) in [4.78, 5) is 6.12. The van der Waals surface area contributed by atoms with Crippen molar-refractivity contribution in [3.63, 3.8) is 0 Å². The van der Waals surface area contributed by atoms with Gasteiger partial charge in [0.05, 0.1) is 0 Å². The molecule has 0 radical (unpaired) electrons. The minimum Gasteiger partial charge on any atom is -0.354 e. The second-order valence-corrected chi connectivity index (χ2v) is 5.88. The van der Waals surface area contributed by atoms with Crippen LogP contribution in [0.4, 0.5) is 19.0 Å². The third kappa shape index (κ3) is 2.47. The van der Waals surface area contributed by atoms with Crippen molar-refractivity contribution in [2.45, 2.75) is 19.6 Å². The maximum atomic E-state index is 12.9. The highest BCUT2D eigenvalue weighted by Gasteiger charge is 2.38. The number of halogens is 3. The zero-order valence-electron chi connectivity index (χ0n) is 12.8. The molecule has 0 aliphatic carbocycles. The topological polar surface area (TPSA) is 64.1 Å². The van der Waals surface area contributed by atoms with Crippen LogP contribution in [0.15, 0.2) is 24.5 Å². The number of rotatable bonds is 3. The highest BCUT2D eigenvalue weighted by molar-refractivity contribution is 5.47. The molecule has 0 bridgehead atoms. The first-order valence-corrected chi connectivity index (χ1v) is 7.44. The van der Waals surface area contributed by atoms with Crippen LogP contribution in [0.1, 0.15) is 11.6 Å². The zero-order chi connectivity index (χ0) is 16.9. The van der Waals surface area contributed by atoms with Gasteiger partial charge in [-0.15, -0.1) is 15.3 Å². The lowest BCUT2D eigenvalue weighted by Gasteiger charge is -2.40. The number of aromatic nitrogens is 6. The SMILES string of the molecule is Cc1nccn1CC1CN(c2ccc3nnc(C(F)(F)F)n3n2)C1. The molecule has 1 saturated heterocycles. The summed E-state index contributed by atoms with van der Waals surface area (Å²) in [6, 6.07) is 3.17. The van der Waals surface area contributed by atoms with Crippen LogP contribution in [0.25, 0.3) is 5.65 Å². The Hall–Kier alpha value is -2.65. The van der Waals surface area contributed by atoms with Crippen LogP contribution in [0.5, 0.6) is 0 Å². The lowest BCUT2D eigenvalue weighted by molar-refractivity contribution is -0.146. The Morgan fingerprint density at radius 1 is 1.21 bits per heavy atom. The van der Waals surface area contributed by atoms with E-state index in [4.69, 9.17) is 0 Å². The zero-order valence-corrected chi connectivity index (χ0v) is 12.8. The minimum atomic E-state index is -4.58. The van der Waals surface area contributed by atoms with Crippen LogP contribution in [0, 0.1) is 12.8 Å². The van der Waals surface area contributed by atoms with E-state index in [0.717, 1.165) is 30.0 Å². The molecule has 1 aliphatic rings. The second kappa shape index (κ2) is 5.18. The van der Waals surface area contributed by atoms with Gasteiger partial charge in [0.1, 0.15) is 11.6 Å². The maximum Gasteiger partial charge on any atom is 0.453 e. The molecule has 0 saturated carbocycles. The number of alkyl halides is 3. The van der Waals surface area contributed by atoms with E-state index in [1.165, 1.54) is 6.07 Å². The molecule has 0 atom stereocenters. The van der Waals surface area contributed by atoms with E-state index >= 15 is 0 Å². The van der Waals surface area contributed by atoms with Gasteiger partial charge in [0.2, 0.25) is 0 Å². The first kappa shape index (κ1) is 14.9. The third-order valence-corrected chi connectivity index (χ3v) is 4.16. The maximum absolute atomic E-state index is 12.9. The summed E-state index contributed by atoms with van der Waals surface area (Å²) in [6.07, 6.45) is -0.900. The number of nitrogens with zero attached hydrogens (tertiary/aromatic N) is 7. The number of fused-ring (bicyclic) bond motifs is 1. The highest BCUT2D eigenvalue weighted by atomic mass is 19.4. The summed E-state index contributed by atoms with van der Waals surface area (Å²) in [7, 11) is 0. The van der Waals surface area contributed by atoms with Gasteiger partial charge in [-0.05, 0) is 19.1 Å². The molecule has 0 aromatic carbocycles. The molecule has 4 heterocycles. The van der Waals surface area contributed by atoms with Crippen LogP contribution in [0.3, 0.4) is 0 Å². The molecular weight excluding hydrogens is 323 g/mol. The Kier molecular flexibility index (Phi) is 3.22. The van der Waals surface area contributed by atoms with E-state index < -0.39 is 12.0 Å². The van der Waals surface area contributed by atoms with Gasteiger partial charge < -0.3 is 9.47 Å². The van der Waals surface area contributed by atoms with E-state index in [-0.39, 0.29) is 5.65 Å². The third-order valence-electron chi connectivity index (χ3n) is 4.16. The van der Waals surface area contributed by atoms with Gasteiger partial charge in [-0.1, -0.05) is 0 Å². The summed E-state index contributed by atoms with van der Waals surface area (Å²) in [5.74, 6) is 0.752. The van der Waals surface area contributed by atoms with E-state index in [1.54, 1.807) is 12.3 Å². The van der Waals surface area contributed by atoms with Crippen molar-refractivity contribution in [2.24, 2.45) is 5.92 Å². The first-order chi connectivity index (χ1) is 11.4. The fourth-order valence-electron chi connectivity index (χ4n) is 2.87. The van der Waals surface area contributed by atoms with E-state index in [9.17, 15) is 13.2 Å². The molecule has 126 valence electrons. The molecule has 0 N–H and O–H groups in total. The van der Waals surface area contributed by atoms with Gasteiger partial charge in [0.15, 0.2) is 5.65 Å². The lowest BCUT2D eigenvalue weighted by atomic mass is 10.00. The monoisotopic (exact) mass is 337 g/mol. The molecule has 3 aromatic heterocycles. The number of aryl methyl sites for hydroxylation is 1. The average Bonchev–Trinajstić information content (AvgIpc) is 3.07. The predicted molar refractivity (Wildman–Crippen MR) is 78.5 cm³/mol. The average molecular weight is 337 g/mol. The Morgan fingerprint density at radius 2 is 2.00 bits per heavy atom. The smallest absolute Gasteiger partial charge is 0.354 e. The first-order valence-electron chi connectivity index (χ1n) is 7.44. The summed E-state index contributed by atoms with van der Waals surface area (Å²) >= 11 is 0. The predicted octanol–water partition coefficient (Wildman–Crippen LogP) is 1.78. The van der Waals surface area contributed by atoms with Gasteiger partial charge in [0, 0.05) is 37.9 Å². The molecule has 4 rings (SSSR count). The number of imidazole rings is 1. The summed E-state index contributed by atoms with van der Waals surface area (Å²) in [5, 5.41) is 10.7. The Labute approximate surface area is 134 Å². The summed E-state index contributed by atoms with van der Waals surface area (Å²) < 4.78 is 41.5. The van der Waals surface area contributed by atoms with Gasteiger partial charge in [-0.2, -0.15) is 17.7 Å². The summed E-state index contributed by atoms with van der Waals surface area (Å²) in [6.45, 7) is 4.25. The minimum absolute atomic E-state index is 0.0807. The molecule has 0 spiro atoms. The van der Waals surface area contributed by atoms with Crippen LogP contribution < -0.4 is 4.90 Å².